The monoisotopic (exact) mass is 374 g/mol. The number of amides is 3. The minimum atomic E-state index is -3.33. The number of anilines is 3. The maximum Gasteiger partial charge on any atom is 0.316 e. The molecule has 0 saturated heterocycles. The van der Waals surface area contributed by atoms with E-state index in [1.165, 1.54) is 6.08 Å². The molecular weight excluding hydrogens is 356 g/mol. The lowest BCUT2D eigenvalue weighted by atomic mass is 10.2. The number of rotatable bonds is 6. The van der Waals surface area contributed by atoms with Gasteiger partial charge in [0.1, 0.15) is 0 Å². The second-order valence-corrected chi connectivity index (χ2v) is 7.14. The van der Waals surface area contributed by atoms with Crippen molar-refractivity contribution in [2.24, 2.45) is 5.73 Å². The van der Waals surface area contributed by atoms with Crippen LogP contribution in [0.2, 0.25) is 0 Å². The molecule has 0 fully saturated rings. The van der Waals surface area contributed by atoms with E-state index in [1.54, 1.807) is 54.6 Å². The lowest BCUT2D eigenvalue weighted by Crippen LogP contribution is -2.19. The summed E-state index contributed by atoms with van der Waals surface area (Å²) in [6.45, 7) is 0. The van der Waals surface area contributed by atoms with Gasteiger partial charge in [0.05, 0.1) is 6.26 Å². The zero-order chi connectivity index (χ0) is 19.2. The topological polar surface area (TPSA) is 130 Å². The van der Waals surface area contributed by atoms with Crippen molar-refractivity contribution in [3.8, 4) is 0 Å². The highest BCUT2D eigenvalue weighted by Crippen LogP contribution is 2.15. The fourth-order valence-corrected chi connectivity index (χ4v) is 2.61. The molecule has 2 rings (SSSR count). The van der Waals surface area contributed by atoms with Crippen LogP contribution in [0.3, 0.4) is 0 Å². The standard InChI is InChI=1S/C17H18N4O4S/c1-26(24,25)21-13-8-5-12(6-9-13)7-10-16(22)19-14-3-2-4-15(11-14)20-17(18)23/h2-11,21H,1H3,(H,19,22)(H3,18,20,23)/b10-7+. The molecule has 0 heterocycles. The number of sulfonamides is 1. The van der Waals surface area contributed by atoms with Crippen LogP contribution in [-0.4, -0.2) is 26.6 Å². The molecule has 0 bridgehead atoms. The van der Waals surface area contributed by atoms with Gasteiger partial charge in [0.15, 0.2) is 0 Å². The Labute approximate surface area is 151 Å². The molecule has 0 aliphatic rings. The van der Waals surface area contributed by atoms with E-state index >= 15 is 0 Å². The molecule has 2 aromatic rings. The van der Waals surface area contributed by atoms with Crippen LogP contribution in [0.15, 0.2) is 54.6 Å². The number of hydrogen-bond acceptors (Lipinski definition) is 4. The van der Waals surface area contributed by atoms with Crippen molar-refractivity contribution in [2.75, 3.05) is 21.6 Å². The van der Waals surface area contributed by atoms with Crippen molar-refractivity contribution in [3.63, 3.8) is 0 Å². The van der Waals surface area contributed by atoms with E-state index in [4.69, 9.17) is 5.73 Å². The normalized spacial score (nSPS) is 11.1. The van der Waals surface area contributed by atoms with Crippen LogP contribution in [0.5, 0.6) is 0 Å². The van der Waals surface area contributed by atoms with Crippen LogP contribution in [0.25, 0.3) is 6.08 Å². The van der Waals surface area contributed by atoms with Crippen molar-refractivity contribution < 1.29 is 18.0 Å². The van der Waals surface area contributed by atoms with E-state index in [-0.39, 0.29) is 5.91 Å². The van der Waals surface area contributed by atoms with Crippen molar-refractivity contribution in [3.05, 3.63) is 60.2 Å². The predicted octanol–water partition coefficient (Wildman–Crippen LogP) is 2.20. The van der Waals surface area contributed by atoms with E-state index in [0.29, 0.717) is 17.1 Å². The van der Waals surface area contributed by atoms with Crippen molar-refractivity contribution in [1.29, 1.82) is 0 Å². The second-order valence-electron chi connectivity index (χ2n) is 5.39. The smallest absolute Gasteiger partial charge is 0.316 e. The number of carbonyl (C=O) groups is 2. The van der Waals surface area contributed by atoms with E-state index in [2.05, 4.69) is 15.4 Å². The Morgan fingerprint density at radius 3 is 2.15 bits per heavy atom. The van der Waals surface area contributed by atoms with E-state index in [0.717, 1.165) is 11.8 Å². The highest BCUT2D eigenvalue weighted by atomic mass is 32.2. The molecule has 8 nitrogen and oxygen atoms in total. The van der Waals surface area contributed by atoms with Gasteiger partial charge in [-0.2, -0.15) is 0 Å². The Kier molecular flexibility index (Phi) is 5.97. The highest BCUT2D eigenvalue weighted by Gasteiger charge is 2.02. The Hall–Kier alpha value is -3.33. The molecular formula is C17H18N4O4S. The largest absolute Gasteiger partial charge is 0.351 e. The fourth-order valence-electron chi connectivity index (χ4n) is 2.05. The first-order valence-corrected chi connectivity index (χ1v) is 9.34. The van der Waals surface area contributed by atoms with Crippen LogP contribution in [0, 0.1) is 0 Å². The lowest BCUT2D eigenvalue weighted by molar-refractivity contribution is -0.111. The summed E-state index contributed by atoms with van der Waals surface area (Å²) < 4.78 is 24.7. The molecule has 0 spiro atoms. The van der Waals surface area contributed by atoms with Gasteiger partial charge in [0.2, 0.25) is 15.9 Å². The van der Waals surface area contributed by atoms with Gasteiger partial charge in [-0.25, -0.2) is 13.2 Å². The Morgan fingerprint density at radius 1 is 0.962 bits per heavy atom. The number of nitrogens with two attached hydrogens (primary N) is 1. The first-order valence-electron chi connectivity index (χ1n) is 7.45. The summed E-state index contributed by atoms with van der Waals surface area (Å²) in [4.78, 5) is 22.8. The summed E-state index contributed by atoms with van der Waals surface area (Å²) in [5.41, 5.74) is 7.17. The fraction of sp³-hybridized carbons (Fsp3) is 0.0588. The van der Waals surface area contributed by atoms with E-state index in [1.807, 2.05) is 0 Å². The Balaban J connectivity index is 1.98. The molecule has 136 valence electrons. The predicted molar refractivity (Wildman–Crippen MR) is 102 cm³/mol. The minimum absolute atomic E-state index is 0.362. The Bertz CT molecular complexity index is 937. The molecule has 0 aromatic heterocycles. The van der Waals surface area contributed by atoms with Gasteiger partial charge in [-0.05, 0) is 42.0 Å². The van der Waals surface area contributed by atoms with Gasteiger partial charge < -0.3 is 16.4 Å². The van der Waals surface area contributed by atoms with Crippen LogP contribution in [0.4, 0.5) is 21.9 Å². The number of primary amides is 1. The summed E-state index contributed by atoms with van der Waals surface area (Å²) in [5, 5.41) is 5.08. The van der Waals surface area contributed by atoms with Gasteiger partial charge in [-0.3, -0.25) is 9.52 Å². The summed E-state index contributed by atoms with van der Waals surface area (Å²) in [5.74, 6) is -0.362. The zero-order valence-corrected chi connectivity index (χ0v) is 14.7. The second kappa shape index (κ2) is 8.17. The van der Waals surface area contributed by atoms with Crippen molar-refractivity contribution in [2.45, 2.75) is 0 Å². The first kappa shape index (κ1) is 19.0. The number of benzene rings is 2. The maximum absolute atomic E-state index is 12.0. The molecule has 2 aromatic carbocycles. The third-order valence-corrected chi connectivity index (χ3v) is 3.65. The third-order valence-electron chi connectivity index (χ3n) is 3.04. The van der Waals surface area contributed by atoms with Crippen molar-refractivity contribution >= 4 is 45.1 Å². The molecule has 26 heavy (non-hydrogen) atoms. The Morgan fingerprint density at radius 2 is 1.58 bits per heavy atom. The molecule has 0 aliphatic carbocycles. The van der Waals surface area contributed by atoms with Crippen LogP contribution in [0.1, 0.15) is 5.56 Å². The van der Waals surface area contributed by atoms with Gasteiger partial charge >= 0.3 is 6.03 Å². The molecule has 0 atom stereocenters. The van der Waals surface area contributed by atoms with E-state index in [9.17, 15) is 18.0 Å². The molecule has 0 unspecified atom stereocenters. The number of hydrogen-bond donors (Lipinski definition) is 4. The van der Waals surface area contributed by atoms with Gasteiger partial charge in [-0.1, -0.05) is 18.2 Å². The quantitative estimate of drug-likeness (QED) is 0.577. The zero-order valence-electron chi connectivity index (χ0n) is 13.9. The van der Waals surface area contributed by atoms with Gasteiger partial charge in [-0.15, -0.1) is 0 Å². The summed E-state index contributed by atoms with van der Waals surface area (Å²) in [6, 6.07) is 12.4. The first-order chi connectivity index (χ1) is 12.2. The number of nitrogens with one attached hydrogen (secondary N) is 3. The maximum atomic E-state index is 12.0. The highest BCUT2D eigenvalue weighted by molar-refractivity contribution is 7.92. The molecule has 0 saturated carbocycles. The molecule has 9 heteroatoms. The average molecular weight is 374 g/mol. The third kappa shape index (κ3) is 6.65. The lowest BCUT2D eigenvalue weighted by Gasteiger charge is -2.06. The molecule has 3 amide bonds. The van der Waals surface area contributed by atoms with Crippen LogP contribution < -0.4 is 21.1 Å². The number of carbonyl (C=O) groups excluding carboxylic acids is 2. The SMILES string of the molecule is CS(=O)(=O)Nc1ccc(/C=C/C(=O)Nc2cccc(NC(N)=O)c2)cc1. The minimum Gasteiger partial charge on any atom is -0.351 e. The number of urea groups is 1. The van der Waals surface area contributed by atoms with Gasteiger partial charge in [0.25, 0.3) is 0 Å². The summed E-state index contributed by atoms with van der Waals surface area (Å²) in [7, 11) is -3.33. The molecule has 0 radical (unpaired) electrons. The summed E-state index contributed by atoms with van der Waals surface area (Å²) >= 11 is 0. The summed E-state index contributed by atoms with van der Waals surface area (Å²) in [6.07, 6.45) is 4.00. The molecule has 0 aliphatic heterocycles. The van der Waals surface area contributed by atoms with Crippen molar-refractivity contribution in [1.82, 2.24) is 0 Å². The van der Waals surface area contributed by atoms with Crippen LogP contribution in [-0.2, 0) is 14.8 Å². The van der Waals surface area contributed by atoms with Gasteiger partial charge in [0, 0.05) is 23.1 Å². The van der Waals surface area contributed by atoms with Crippen LogP contribution >= 0.6 is 0 Å². The average Bonchev–Trinajstić information content (AvgIpc) is 2.52. The van der Waals surface area contributed by atoms with E-state index < -0.39 is 16.1 Å². The molecule has 5 N–H and O–H groups in total.